The van der Waals surface area contributed by atoms with Gasteiger partial charge in [-0.3, -0.25) is 9.20 Å². The predicted molar refractivity (Wildman–Crippen MR) is 92.0 cm³/mol. The molecule has 1 amide bonds. The first-order chi connectivity index (χ1) is 11.0. The number of imidazole rings is 1. The molecule has 0 aromatic carbocycles. The molecule has 126 valence electrons. The summed E-state index contributed by atoms with van der Waals surface area (Å²) in [7, 11) is 3.25. The maximum absolute atomic E-state index is 13.0. The summed E-state index contributed by atoms with van der Waals surface area (Å²) in [6.45, 7) is 5.83. The van der Waals surface area contributed by atoms with Gasteiger partial charge in [-0.2, -0.15) is 0 Å². The van der Waals surface area contributed by atoms with Gasteiger partial charge in [0.2, 0.25) is 0 Å². The minimum Gasteiger partial charge on any atom is -0.383 e. The number of rotatable bonds is 7. The molecule has 0 spiro atoms. The molecule has 0 radical (unpaired) electrons. The Labute approximate surface area is 144 Å². The monoisotopic (exact) mass is 383 g/mol. The van der Waals surface area contributed by atoms with E-state index in [-0.39, 0.29) is 5.91 Å². The van der Waals surface area contributed by atoms with E-state index in [0.717, 1.165) is 15.7 Å². The van der Waals surface area contributed by atoms with Crippen LogP contribution in [0.4, 0.5) is 0 Å². The SMILES string of the molecule is COCCN(CCOC)C(=O)c1c(C)nc2c(Br)cc(C)cn12. The number of aryl methyl sites for hydroxylation is 2. The summed E-state index contributed by atoms with van der Waals surface area (Å²) in [5.41, 5.74) is 3.09. The summed E-state index contributed by atoms with van der Waals surface area (Å²) in [5, 5.41) is 0. The van der Waals surface area contributed by atoms with E-state index in [4.69, 9.17) is 9.47 Å². The zero-order valence-electron chi connectivity index (χ0n) is 13.9. The molecule has 0 aliphatic heterocycles. The lowest BCUT2D eigenvalue weighted by atomic mass is 10.2. The average molecular weight is 384 g/mol. The number of ether oxygens (including phenoxy) is 2. The number of hydrogen-bond acceptors (Lipinski definition) is 4. The molecule has 0 N–H and O–H groups in total. The van der Waals surface area contributed by atoms with Crippen molar-refractivity contribution in [2.24, 2.45) is 0 Å². The molecule has 7 heteroatoms. The fourth-order valence-corrected chi connectivity index (χ4v) is 3.11. The van der Waals surface area contributed by atoms with Crippen LogP contribution in [0.1, 0.15) is 21.7 Å². The van der Waals surface area contributed by atoms with Gasteiger partial charge in [0.25, 0.3) is 5.91 Å². The number of aromatic nitrogens is 2. The fourth-order valence-electron chi connectivity index (χ4n) is 2.47. The van der Waals surface area contributed by atoms with Crippen molar-refractivity contribution in [2.75, 3.05) is 40.5 Å². The standard InChI is InChI=1S/C16H22BrN3O3/c1-11-9-13(17)15-18-12(2)14(20(15)10-11)16(21)19(5-7-22-3)6-8-23-4/h9-10H,5-8H2,1-4H3. The summed E-state index contributed by atoms with van der Waals surface area (Å²) < 4.78 is 12.9. The van der Waals surface area contributed by atoms with Gasteiger partial charge in [-0.25, -0.2) is 4.98 Å². The number of carbonyl (C=O) groups is 1. The number of nitrogens with zero attached hydrogens (tertiary/aromatic N) is 3. The molecule has 23 heavy (non-hydrogen) atoms. The predicted octanol–water partition coefficient (Wildman–Crippen LogP) is 2.45. The second-order valence-electron chi connectivity index (χ2n) is 5.38. The highest BCUT2D eigenvalue weighted by Gasteiger charge is 2.23. The van der Waals surface area contributed by atoms with Gasteiger partial charge in [0.1, 0.15) is 5.69 Å². The van der Waals surface area contributed by atoms with E-state index in [1.165, 1.54) is 0 Å². The van der Waals surface area contributed by atoms with Crippen LogP contribution in [0.3, 0.4) is 0 Å². The van der Waals surface area contributed by atoms with E-state index in [9.17, 15) is 4.79 Å². The highest BCUT2D eigenvalue weighted by atomic mass is 79.9. The first-order valence-electron chi connectivity index (χ1n) is 7.41. The van der Waals surface area contributed by atoms with Crippen molar-refractivity contribution in [1.82, 2.24) is 14.3 Å². The van der Waals surface area contributed by atoms with Crippen LogP contribution in [-0.2, 0) is 9.47 Å². The molecule has 0 aliphatic carbocycles. The van der Waals surface area contributed by atoms with Crippen molar-refractivity contribution < 1.29 is 14.3 Å². The summed E-state index contributed by atoms with van der Waals surface area (Å²) in [5.74, 6) is -0.0680. The Kier molecular flexibility index (Phi) is 6.15. The molecule has 0 atom stereocenters. The Bertz CT molecular complexity index is 691. The molecule has 0 aliphatic rings. The van der Waals surface area contributed by atoms with E-state index in [2.05, 4.69) is 20.9 Å². The summed E-state index contributed by atoms with van der Waals surface area (Å²) in [6, 6.07) is 1.99. The van der Waals surface area contributed by atoms with Crippen LogP contribution in [0.5, 0.6) is 0 Å². The lowest BCUT2D eigenvalue weighted by molar-refractivity contribution is 0.0620. The van der Waals surface area contributed by atoms with Crippen molar-refractivity contribution >= 4 is 27.5 Å². The number of fused-ring (bicyclic) bond motifs is 1. The maximum atomic E-state index is 13.0. The third kappa shape index (κ3) is 3.91. The summed E-state index contributed by atoms with van der Waals surface area (Å²) >= 11 is 3.52. The number of methoxy groups -OCH3 is 2. The lowest BCUT2D eigenvalue weighted by Gasteiger charge is -2.22. The zero-order chi connectivity index (χ0) is 17.0. The van der Waals surface area contributed by atoms with Crippen LogP contribution in [0.25, 0.3) is 5.65 Å². The molecule has 0 saturated heterocycles. The second kappa shape index (κ2) is 7.90. The molecular formula is C16H22BrN3O3. The molecule has 2 rings (SSSR count). The Morgan fingerprint density at radius 1 is 1.26 bits per heavy atom. The van der Waals surface area contributed by atoms with E-state index in [0.29, 0.717) is 37.7 Å². The molecule has 0 saturated carbocycles. The number of halogens is 1. The number of pyridine rings is 1. The zero-order valence-corrected chi connectivity index (χ0v) is 15.5. The van der Waals surface area contributed by atoms with Gasteiger partial charge in [0.05, 0.1) is 23.4 Å². The minimum absolute atomic E-state index is 0.0680. The first-order valence-corrected chi connectivity index (χ1v) is 8.20. The van der Waals surface area contributed by atoms with Gasteiger partial charge in [-0.15, -0.1) is 0 Å². The molecule has 2 aromatic heterocycles. The average Bonchev–Trinajstić information content (AvgIpc) is 2.83. The van der Waals surface area contributed by atoms with Crippen molar-refractivity contribution in [3.05, 3.63) is 33.7 Å². The molecular weight excluding hydrogens is 362 g/mol. The topological polar surface area (TPSA) is 56.1 Å². The highest BCUT2D eigenvalue weighted by Crippen LogP contribution is 2.23. The Morgan fingerprint density at radius 2 is 1.87 bits per heavy atom. The van der Waals surface area contributed by atoms with E-state index in [1.54, 1.807) is 19.1 Å². The van der Waals surface area contributed by atoms with E-state index < -0.39 is 0 Å². The molecule has 2 heterocycles. The Hall–Kier alpha value is -1.44. The van der Waals surface area contributed by atoms with Crippen LogP contribution in [-0.4, -0.2) is 60.7 Å². The van der Waals surface area contributed by atoms with Gasteiger partial charge in [0.15, 0.2) is 5.65 Å². The van der Waals surface area contributed by atoms with Crippen LogP contribution >= 0.6 is 15.9 Å². The van der Waals surface area contributed by atoms with Crippen LogP contribution in [0.2, 0.25) is 0 Å². The number of hydrogen-bond donors (Lipinski definition) is 0. The van der Waals surface area contributed by atoms with Crippen molar-refractivity contribution in [3.63, 3.8) is 0 Å². The largest absolute Gasteiger partial charge is 0.383 e. The van der Waals surface area contributed by atoms with Crippen molar-refractivity contribution in [3.8, 4) is 0 Å². The van der Waals surface area contributed by atoms with Gasteiger partial charge in [-0.05, 0) is 41.4 Å². The van der Waals surface area contributed by atoms with E-state index in [1.807, 2.05) is 30.5 Å². The van der Waals surface area contributed by atoms with Crippen molar-refractivity contribution in [2.45, 2.75) is 13.8 Å². The normalized spacial score (nSPS) is 11.2. The molecule has 0 bridgehead atoms. The number of amides is 1. The Morgan fingerprint density at radius 3 is 2.43 bits per heavy atom. The first kappa shape index (κ1) is 17.9. The van der Waals surface area contributed by atoms with Gasteiger partial charge >= 0.3 is 0 Å². The molecule has 6 nitrogen and oxygen atoms in total. The van der Waals surface area contributed by atoms with Gasteiger partial charge in [-0.1, -0.05) is 0 Å². The molecule has 0 unspecified atom stereocenters. The molecule has 0 fully saturated rings. The van der Waals surface area contributed by atoms with Crippen LogP contribution < -0.4 is 0 Å². The number of carbonyl (C=O) groups excluding carboxylic acids is 1. The maximum Gasteiger partial charge on any atom is 0.272 e. The lowest BCUT2D eigenvalue weighted by Crippen LogP contribution is -2.37. The highest BCUT2D eigenvalue weighted by molar-refractivity contribution is 9.10. The van der Waals surface area contributed by atoms with Crippen LogP contribution in [0.15, 0.2) is 16.7 Å². The quantitative estimate of drug-likeness (QED) is 0.736. The van der Waals surface area contributed by atoms with Gasteiger partial charge in [0, 0.05) is 33.5 Å². The summed E-state index contributed by atoms with van der Waals surface area (Å²) in [4.78, 5) is 19.3. The molecule has 2 aromatic rings. The fraction of sp³-hybridized carbons (Fsp3) is 0.500. The third-order valence-electron chi connectivity index (χ3n) is 3.61. The van der Waals surface area contributed by atoms with Gasteiger partial charge < -0.3 is 14.4 Å². The third-order valence-corrected chi connectivity index (χ3v) is 4.19. The summed E-state index contributed by atoms with van der Waals surface area (Å²) in [6.07, 6.45) is 1.93. The minimum atomic E-state index is -0.0680. The second-order valence-corrected chi connectivity index (χ2v) is 6.24. The smallest absolute Gasteiger partial charge is 0.272 e. The van der Waals surface area contributed by atoms with Crippen LogP contribution in [0, 0.1) is 13.8 Å². The van der Waals surface area contributed by atoms with Crippen molar-refractivity contribution in [1.29, 1.82) is 0 Å². The van der Waals surface area contributed by atoms with E-state index >= 15 is 0 Å². The Balaban J connectivity index is 2.43.